The van der Waals surface area contributed by atoms with Gasteiger partial charge in [0, 0.05) is 17.6 Å². The van der Waals surface area contributed by atoms with Crippen molar-refractivity contribution in [2.45, 2.75) is 13.8 Å². The summed E-state index contributed by atoms with van der Waals surface area (Å²) in [5.74, 6) is 0.805. The molecule has 2 rings (SSSR count). The summed E-state index contributed by atoms with van der Waals surface area (Å²) in [6, 6.07) is 9.60. The van der Waals surface area contributed by atoms with Gasteiger partial charge in [0.2, 0.25) is 0 Å². The van der Waals surface area contributed by atoms with E-state index >= 15 is 0 Å². The highest BCUT2D eigenvalue weighted by molar-refractivity contribution is 7.14. The van der Waals surface area contributed by atoms with E-state index in [9.17, 15) is 4.79 Å². The Morgan fingerprint density at radius 3 is 2.71 bits per heavy atom. The second kappa shape index (κ2) is 6.63. The maximum Gasteiger partial charge on any atom is 0.263 e. The Labute approximate surface area is 129 Å². The molecule has 1 heterocycles. The molecule has 1 aromatic carbocycles. The fourth-order valence-electron chi connectivity index (χ4n) is 1.90. The number of nitrogens with zero attached hydrogens (tertiary/aromatic N) is 1. The topological polar surface area (TPSA) is 55.6 Å². The summed E-state index contributed by atoms with van der Waals surface area (Å²) in [5.41, 5.74) is 7.61. The molecule has 5 heteroatoms. The summed E-state index contributed by atoms with van der Waals surface area (Å²) in [4.78, 5) is 15.5. The Kier molecular flexibility index (Phi) is 4.85. The third-order valence-electron chi connectivity index (χ3n) is 3.20. The van der Waals surface area contributed by atoms with Gasteiger partial charge in [0.15, 0.2) is 0 Å². The zero-order valence-corrected chi connectivity index (χ0v) is 13.4. The number of thiophene rings is 1. The fourth-order valence-corrected chi connectivity index (χ4v) is 2.83. The van der Waals surface area contributed by atoms with Crippen LogP contribution in [0.25, 0.3) is 0 Å². The largest absolute Gasteiger partial charge is 0.492 e. The number of carbonyl (C=O) groups excluding carboxylic acids is 1. The Morgan fingerprint density at radius 1 is 1.33 bits per heavy atom. The van der Waals surface area contributed by atoms with Crippen LogP contribution in [0.5, 0.6) is 5.75 Å². The molecule has 2 N–H and O–H groups in total. The Balaban J connectivity index is 1.87. The first kappa shape index (κ1) is 15.4. The van der Waals surface area contributed by atoms with Gasteiger partial charge >= 0.3 is 0 Å². The van der Waals surface area contributed by atoms with Gasteiger partial charge in [-0.2, -0.15) is 0 Å². The van der Waals surface area contributed by atoms with E-state index in [4.69, 9.17) is 10.5 Å². The highest BCUT2D eigenvalue weighted by Gasteiger charge is 2.15. The van der Waals surface area contributed by atoms with Crippen LogP contribution in [0.4, 0.5) is 5.69 Å². The van der Waals surface area contributed by atoms with Gasteiger partial charge in [-0.1, -0.05) is 12.1 Å². The van der Waals surface area contributed by atoms with E-state index in [1.54, 1.807) is 18.0 Å². The fraction of sp³-hybridized carbons (Fsp3) is 0.312. The van der Waals surface area contributed by atoms with E-state index in [1.165, 1.54) is 11.3 Å². The van der Waals surface area contributed by atoms with E-state index in [-0.39, 0.29) is 5.91 Å². The van der Waals surface area contributed by atoms with Gasteiger partial charge in [-0.3, -0.25) is 4.79 Å². The molecule has 0 aliphatic rings. The molecule has 112 valence electrons. The first-order valence-corrected chi connectivity index (χ1v) is 7.60. The molecule has 0 aliphatic heterocycles. The number of nitrogen functional groups attached to an aromatic ring is 1. The SMILES string of the molecule is Cc1cccc(OCCN(C)C(=O)c2cc(N)c(C)s2)c1. The summed E-state index contributed by atoms with van der Waals surface area (Å²) in [5, 5.41) is 0. The quantitative estimate of drug-likeness (QED) is 0.923. The molecule has 0 fully saturated rings. The van der Waals surface area contributed by atoms with Crippen LogP contribution in [0.15, 0.2) is 30.3 Å². The molecule has 0 bridgehead atoms. The molecule has 0 atom stereocenters. The van der Waals surface area contributed by atoms with E-state index in [1.807, 2.05) is 38.1 Å². The number of nitrogens with two attached hydrogens (primary N) is 1. The monoisotopic (exact) mass is 304 g/mol. The lowest BCUT2D eigenvalue weighted by atomic mass is 10.2. The summed E-state index contributed by atoms with van der Waals surface area (Å²) in [6.07, 6.45) is 0. The van der Waals surface area contributed by atoms with Crippen molar-refractivity contribution in [2.24, 2.45) is 0 Å². The summed E-state index contributed by atoms with van der Waals surface area (Å²) in [6.45, 7) is 4.93. The van der Waals surface area contributed by atoms with E-state index in [0.29, 0.717) is 23.7 Å². The van der Waals surface area contributed by atoms with Gasteiger partial charge < -0.3 is 15.4 Å². The minimum atomic E-state index is -0.0207. The summed E-state index contributed by atoms with van der Waals surface area (Å²) >= 11 is 1.43. The number of benzene rings is 1. The van der Waals surface area contributed by atoms with Gasteiger partial charge in [0.25, 0.3) is 5.91 Å². The van der Waals surface area contributed by atoms with Gasteiger partial charge in [-0.25, -0.2) is 0 Å². The standard InChI is InChI=1S/C16H20N2O2S/c1-11-5-4-6-13(9-11)20-8-7-18(3)16(19)15-10-14(17)12(2)21-15/h4-6,9-10H,7-8,17H2,1-3H3. The number of ether oxygens (including phenoxy) is 1. The van der Waals surface area contributed by atoms with Crippen molar-refractivity contribution >= 4 is 22.9 Å². The minimum Gasteiger partial charge on any atom is -0.492 e. The van der Waals surface area contributed by atoms with Gasteiger partial charge in [-0.15, -0.1) is 11.3 Å². The highest BCUT2D eigenvalue weighted by Crippen LogP contribution is 2.24. The number of amides is 1. The lowest BCUT2D eigenvalue weighted by molar-refractivity contribution is 0.0778. The second-order valence-corrected chi connectivity index (χ2v) is 6.27. The van der Waals surface area contributed by atoms with Crippen molar-refractivity contribution in [1.82, 2.24) is 4.90 Å². The smallest absolute Gasteiger partial charge is 0.263 e. The molecule has 0 spiro atoms. The molecule has 1 aromatic heterocycles. The lowest BCUT2D eigenvalue weighted by Gasteiger charge is -2.16. The van der Waals surface area contributed by atoms with Crippen LogP contribution in [0.2, 0.25) is 0 Å². The van der Waals surface area contributed by atoms with Crippen LogP contribution >= 0.6 is 11.3 Å². The molecule has 4 nitrogen and oxygen atoms in total. The van der Waals surface area contributed by atoms with Crippen molar-refractivity contribution < 1.29 is 9.53 Å². The Hall–Kier alpha value is -2.01. The van der Waals surface area contributed by atoms with Crippen LogP contribution in [-0.4, -0.2) is 31.0 Å². The molecule has 0 unspecified atom stereocenters. The predicted octanol–water partition coefficient (Wildman–Crippen LogP) is 3.10. The lowest BCUT2D eigenvalue weighted by Crippen LogP contribution is -2.30. The van der Waals surface area contributed by atoms with Gasteiger partial charge in [-0.05, 0) is 37.6 Å². The van der Waals surface area contributed by atoms with Crippen LogP contribution in [0.1, 0.15) is 20.1 Å². The van der Waals surface area contributed by atoms with Gasteiger partial charge in [0.05, 0.1) is 11.4 Å². The molecule has 0 saturated heterocycles. The molecular weight excluding hydrogens is 284 g/mol. The molecule has 0 radical (unpaired) electrons. The van der Waals surface area contributed by atoms with Crippen LogP contribution in [0, 0.1) is 13.8 Å². The molecule has 0 saturated carbocycles. The van der Waals surface area contributed by atoms with Crippen molar-refractivity contribution in [2.75, 3.05) is 25.9 Å². The first-order valence-electron chi connectivity index (χ1n) is 6.78. The average Bonchev–Trinajstić information content (AvgIpc) is 2.78. The number of rotatable bonds is 5. The van der Waals surface area contributed by atoms with Gasteiger partial charge in [0.1, 0.15) is 12.4 Å². The second-order valence-electron chi connectivity index (χ2n) is 5.01. The van der Waals surface area contributed by atoms with Crippen molar-refractivity contribution in [1.29, 1.82) is 0 Å². The van der Waals surface area contributed by atoms with E-state index in [0.717, 1.165) is 16.2 Å². The summed E-state index contributed by atoms with van der Waals surface area (Å²) < 4.78 is 5.66. The molecule has 0 aliphatic carbocycles. The third-order valence-corrected chi connectivity index (χ3v) is 4.25. The third kappa shape index (κ3) is 3.98. The van der Waals surface area contributed by atoms with Crippen molar-refractivity contribution in [3.63, 3.8) is 0 Å². The summed E-state index contributed by atoms with van der Waals surface area (Å²) in [7, 11) is 1.77. The number of aryl methyl sites for hydroxylation is 2. The zero-order valence-electron chi connectivity index (χ0n) is 12.6. The first-order chi connectivity index (χ1) is 9.97. The zero-order chi connectivity index (χ0) is 15.4. The number of anilines is 1. The van der Waals surface area contributed by atoms with E-state index in [2.05, 4.69) is 0 Å². The predicted molar refractivity (Wildman–Crippen MR) is 87.1 cm³/mol. The molecule has 1 amide bonds. The highest BCUT2D eigenvalue weighted by atomic mass is 32.1. The average molecular weight is 304 g/mol. The van der Waals surface area contributed by atoms with E-state index < -0.39 is 0 Å². The number of likely N-dealkylation sites (N-methyl/N-ethyl adjacent to an activating group) is 1. The van der Waals surface area contributed by atoms with Crippen LogP contribution in [0.3, 0.4) is 0 Å². The number of hydrogen-bond acceptors (Lipinski definition) is 4. The Morgan fingerprint density at radius 2 is 2.10 bits per heavy atom. The molecule has 2 aromatic rings. The van der Waals surface area contributed by atoms with Crippen molar-refractivity contribution in [3.8, 4) is 5.75 Å². The van der Waals surface area contributed by atoms with Crippen LogP contribution < -0.4 is 10.5 Å². The number of carbonyl (C=O) groups is 1. The minimum absolute atomic E-state index is 0.0207. The van der Waals surface area contributed by atoms with Crippen molar-refractivity contribution in [3.05, 3.63) is 45.6 Å². The normalized spacial score (nSPS) is 10.4. The molecular formula is C16H20N2O2S. The maximum absolute atomic E-state index is 12.2. The number of hydrogen-bond donors (Lipinski definition) is 1. The Bertz CT molecular complexity index is 617. The maximum atomic E-state index is 12.2. The van der Waals surface area contributed by atoms with Crippen LogP contribution in [-0.2, 0) is 0 Å². The molecule has 21 heavy (non-hydrogen) atoms.